The topological polar surface area (TPSA) is 92.5 Å². The van der Waals surface area contributed by atoms with Crippen LogP contribution in [0, 0.1) is 16.0 Å². The molecule has 0 aliphatic heterocycles. The van der Waals surface area contributed by atoms with Crippen molar-refractivity contribution in [2.45, 2.75) is 6.92 Å². The zero-order chi connectivity index (χ0) is 14.4. The minimum Gasteiger partial charge on any atom is -0.478 e. The van der Waals surface area contributed by atoms with E-state index in [0.29, 0.717) is 18.2 Å². The molecule has 0 saturated carbocycles. The fourth-order valence-corrected chi connectivity index (χ4v) is 2.29. The molecule has 0 fully saturated rings. The first-order chi connectivity index (χ1) is 8.95. The van der Waals surface area contributed by atoms with Gasteiger partial charge in [-0.05, 0) is 24.0 Å². The van der Waals surface area contributed by atoms with Gasteiger partial charge in [0.2, 0.25) is 0 Å². The monoisotopic (exact) mass is 284 g/mol. The summed E-state index contributed by atoms with van der Waals surface area (Å²) in [6.07, 6.45) is 2.01. The standard InChI is InChI=1S/C12H16N2O4S/c1-8(7-19-2)6-13-11-4-3-9(14(17)18)5-10(11)12(15)16/h3-5,8,13H,6-7H2,1-2H3,(H,15,16). The van der Waals surface area contributed by atoms with Crippen LogP contribution in [-0.2, 0) is 0 Å². The third-order valence-electron chi connectivity index (χ3n) is 2.54. The first-order valence-electron chi connectivity index (χ1n) is 5.70. The number of nitro benzene ring substituents is 1. The van der Waals surface area contributed by atoms with E-state index < -0.39 is 10.9 Å². The van der Waals surface area contributed by atoms with Crippen LogP contribution < -0.4 is 5.32 Å². The minimum atomic E-state index is -1.18. The molecule has 6 nitrogen and oxygen atoms in total. The van der Waals surface area contributed by atoms with E-state index in [1.165, 1.54) is 12.1 Å². The van der Waals surface area contributed by atoms with Gasteiger partial charge in [-0.2, -0.15) is 11.8 Å². The number of carboxylic acids is 1. The minimum absolute atomic E-state index is 0.0782. The van der Waals surface area contributed by atoms with Gasteiger partial charge in [0.25, 0.3) is 5.69 Å². The molecule has 0 saturated heterocycles. The summed E-state index contributed by atoms with van der Waals surface area (Å²) in [5, 5.41) is 22.7. The van der Waals surface area contributed by atoms with Crippen molar-refractivity contribution in [3.63, 3.8) is 0 Å². The average molecular weight is 284 g/mol. The SMILES string of the molecule is CSCC(C)CNc1ccc([N+](=O)[O-])cc1C(=O)O. The van der Waals surface area contributed by atoms with Crippen molar-refractivity contribution in [2.24, 2.45) is 5.92 Å². The van der Waals surface area contributed by atoms with E-state index in [9.17, 15) is 14.9 Å². The second-order valence-corrected chi connectivity index (χ2v) is 5.14. The number of aromatic carboxylic acids is 1. The molecule has 1 unspecified atom stereocenters. The van der Waals surface area contributed by atoms with Crippen LogP contribution in [0.5, 0.6) is 0 Å². The van der Waals surface area contributed by atoms with E-state index in [0.717, 1.165) is 11.8 Å². The van der Waals surface area contributed by atoms with Crippen molar-refractivity contribution in [1.29, 1.82) is 0 Å². The van der Waals surface area contributed by atoms with E-state index in [1.54, 1.807) is 11.8 Å². The van der Waals surface area contributed by atoms with Crippen LogP contribution in [0.15, 0.2) is 18.2 Å². The van der Waals surface area contributed by atoms with Crippen LogP contribution in [0.3, 0.4) is 0 Å². The first kappa shape index (κ1) is 15.3. The lowest BCUT2D eigenvalue weighted by Crippen LogP contribution is -2.15. The maximum Gasteiger partial charge on any atom is 0.338 e. The number of hydrogen-bond donors (Lipinski definition) is 2. The van der Waals surface area contributed by atoms with Gasteiger partial charge in [0, 0.05) is 24.4 Å². The molecule has 2 N–H and O–H groups in total. The Morgan fingerprint density at radius 2 is 2.26 bits per heavy atom. The molecule has 1 aromatic carbocycles. The number of rotatable bonds is 7. The molecule has 1 atom stereocenters. The molecule has 0 aromatic heterocycles. The van der Waals surface area contributed by atoms with Gasteiger partial charge in [0.15, 0.2) is 0 Å². The summed E-state index contributed by atoms with van der Waals surface area (Å²) in [4.78, 5) is 21.1. The Morgan fingerprint density at radius 1 is 1.58 bits per heavy atom. The van der Waals surface area contributed by atoms with Gasteiger partial charge in [-0.3, -0.25) is 10.1 Å². The summed E-state index contributed by atoms with van der Waals surface area (Å²) in [6.45, 7) is 2.67. The number of hydrogen-bond acceptors (Lipinski definition) is 5. The van der Waals surface area contributed by atoms with Crippen molar-refractivity contribution in [3.8, 4) is 0 Å². The largest absolute Gasteiger partial charge is 0.478 e. The Morgan fingerprint density at radius 3 is 2.79 bits per heavy atom. The van der Waals surface area contributed by atoms with Crippen LogP contribution >= 0.6 is 11.8 Å². The van der Waals surface area contributed by atoms with Crippen molar-refractivity contribution in [2.75, 3.05) is 23.9 Å². The van der Waals surface area contributed by atoms with Crippen LogP contribution in [-0.4, -0.2) is 34.6 Å². The Bertz CT molecular complexity index is 479. The highest BCUT2D eigenvalue weighted by Crippen LogP contribution is 2.22. The molecule has 19 heavy (non-hydrogen) atoms. The quantitative estimate of drug-likeness (QED) is 0.590. The highest BCUT2D eigenvalue weighted by atomic mass is 32.2. The number of nitro groups is 1. The Kier molecular flexibility index (Phi) is 5.62. The number of benzene rings is 1. The number of non-ortho nitro benzene ring substituents is 1. The molecule has 7 heteroatoms. The number of carboxylic acid groups (broad SMARTS) is 1. The maximum absolute atomic E-state index is 11.1. The average Bonchev–Trinajstić information content (AvgIpc) is 2.36. The third-order valence-corrected chi connectivity index (χ3v) is 3.44. The van der Waals surface area contributed by atoms with E-state index in [4.69, 9.17) is 5.11 Å². The van der Waals surface area contributed by atoms with Crippen LogP contribution in [0.1, 0.15) is 17.3 Å². The highest BCUT2D eigenvalue weighted by Gasteiger charge is 2.16. The summed E-state index contributed by atoms with van der Waals surface area (Å²) >= 11 is 1.72. The third kappa shape index (κ3) is 4.44. The lowest BCUT2D eigenvalue weighted by molar-refractivity contribution is -0.384. The van der Waals surface area contributed by atoms with Crippen LogP contribution in [0.25, 0.3) is 0 Å². The zero-order valence-electron chi connectivity index (χ0n) is 10.8. The Labute approximate surface area is 115 Å². The van der Waals surface area contributed by atoms with E-state index >= 15 is 0 Å². The van der Waals surface area contributed by atoms with Gasteiger partial charge >= 0.3 is 5.97 Å². The lowest BCUT2D eigenvalue weighted by Gasteiger charge is -2.13. The first-order valence-corrected chi connectivity index (χ1v) is 7.09. The van der Waals surface area contributed by atoms with Gasteiger partial charge in [0.05, 0.1) is 10.5 Å². The fourth-order valence-electron chi connectivity index (χ4n) is 1.60. The summed E-state index contributed by atoms with van der Waals surface area (Å²) in [5.74, 6) is 0.165. The summed E-state index contributed by atoms with van der Waals surface area (Å²) in [5.41, 5.74) is 0.108. The van der Waals surface area contributed by atoms with E-state index in [-0.39, 0.29) is 11.3 Å². The Balaban J connectivity index is 2.88. The predicted octanol–water partition coefficient (Wildman–Crippen LogP) is 2.70. The molecule has 0 bridgehead atoms. The predicted molar refractivity (Wildman–Crippen MR) is 76.1 cm³/mol. The van der Waals surface area contributed by atoms with Gasteiger partial charge in [-0.15, -0.1) is 0 Å². The lowest BCUT2D eigenvalue weighted by atomic mass is 10.1. The van der Waals surface area contributed by atoms with Crippen molar-refractivity contribution < 1.29 is 14.8 Å². The van der Waals surface area contributed by atoms with Gasteiger partial charge in [0.1, 0.15) is 0 Å². The normalized spacial score (nSPS) is 11.9. The number of anilines is 1. The van der Waals surface area contributed by atoms with E-state index in [1.807, 2.05) is 6.26 Å². The molecule has 1 rings (SSSR count). The summed E-state index contributed by atoms with van der Waals surface area (Å²) in [7, 11) is 0. The van der Waals surface area contributed by atoms with Crippen molar-refractivity contribution in [3.05, 3.63) is 33.9 Å². The highest BCUT2D eigenvalue weighted by molar-refractivity contribution is 7.98. The molecule has 0 heterocycles. The molecule has 0 aliphatic carbocycles. The molecule has 0 spiro atoms. The molecule has 0 aliphatic rings. The molecule has 104 valence electrons. The molecule has 1 aromatic rings. The number of carbonyl (C=O) groups is 1. The van der Waals surface area contributed by atoms with Gasteiger partial charge in [-0.25, -0.2) is 4.79 Å². The smallest absolute Gasteiger partial charge is 0.338 e. The molecular formula is C12H16N2O4S. The second-order valence-electron chi connectivity index (χ2n) is 4.23. The van der Waals surface area contributed by atoms with Gasteiger partial charge in [-0.1, -0.05) is 6.92 Å². The van der Waals surface area contributed by atoms with Gasteiger partial charge < -0.3 is 10.4 Å². The number of nitrogens with one attached hydrogen (secondary N) is 1. The summed E-state index contributed by atoms with van der Waals surface area (Å²) in [6, 6.07) is 3.81. The van der Waals surface area contributed by atoms with Crippen molar-refractivity contribution >= 4 is 29.1 Å². The summed E-state index contributed by atoms with van der Waals surface area (Å²) < 4.78 is 0. The Hall–Kier alpha value is -1.76. The molecular weight excluding hydrogens is 268 g/mol. The van der Waals surface area contributed by atoms with Crippen LogP contribution in [0.4, 0.5) is 11.4 Å². The second kappa shape index (κ2) is 6.98. The molecule has 0 amide bonds. The van der Waals surface area contributed by atoms with Crippen LogP contribution in [0.2, 0.25) is 0 Å². The van der Waals surface area contributed by atoms with Crippen molar-refractivity contribution in [1.82, 2.24) is 0 Å². The zero-order valence-corrected chi connectivity index (χ0v) is 11.6. The maximum atomic E-state index is 11.1. The van der Waals surface area contributed by atoms with E-state index in [2.05, 4.69) is 12.2 Å². The number of thioether (sulfide) groups is 1. The number of nitrogens with zero attached hydrogens (tertiary/aromatic N) is 1. The molecule has 0 radical (unpaired) electrons. The fraction of sp³-hybridized carbons (Fsp3) is 0.417.